The first-order valence-electron chi connectivity index (χ1n) is 7.26. The normalized spacial score (nSPS) is 10.9. The Kier molecular flexibility index (Phi) is 8.26. The van der Waals surface area contributed by atoms with Gasteiger partial charge in [0.1, 0.15) is 16.5 Å². The third-order valence-electron chi connectivity index (χ3n) is 3.44. The van der Waals surface area contributed by atoms with Crippen LogP contribution in [0.3, 0.4) is 0 Å². The third kappa shape index (κ3) is 5.52. The molecular formula is C16H23IN4O2S. The van der Waals surface area contributed by atoms with Crippen LogP contribution in [0.15, 0.2) is 23.2 Å². The predicted octanol–water partition coefficient (Wildman–Crippen LogP) is 2.96. The molecule has 3 N–H and O–H groups in total. The maximum absolute atomic E-state index is 9.89. The number of nitrogens with zero attached hydrogens (tertiary/aromatic N) is 2. The fourth-order valence-corrected chi connectivity index (χ4v) is 2.88. The number of methoxy groups -OCH3 is 1. The molecule has 0 bridgehead atoms. The number of aromatic nitrogens is 1. The molecule has 1 heterocycles. The number of benzene rings is 1. The summed E-state index contributed by atoms with van der Waals surface area (Å²) in [5.41, 5.74) is 1.81. The molecule has 6 nitrogen and oxygen atoms in total. The first-order chi connectivity index (χ1) is 11.0. The van der Waals surface area contributed by atoms with E-state index in [1.54, 1.807) is 43.7 Å². The first kappa shape index (κ1) is 20.5. The maximum Gasteiger partial charge on any atom is 0.191 e. The molecule has 24 heavy (non-hydrogen) atoms. The summed E-state index contributed by atoms with van der Waals surface area (Å²) in [4.78, 5) is 9.89. The fraction of sp³-hybridized carbons (Fsp3) is 0.375. The lowest BCUT2D eigenvalue weighted by atomic mass is 10.2. The summed E-state index contributed by atoms with van der Waals surface area (Å²) in [5.74, 6) is 1.58. The quantitative estimate of drug-likeness (QED) is 0.362. The van der Waals surface area contributed by atoms with E-state index in [9.17, 15) is 5.11 Å². The van der Waals surface area contributed by atoms with Crippen LogP contribution in [0, 0.1) is 13.8 Å². The molecule has 0 unspecified atom stereocenters. The van der Waals surface area contributed by atoms with Crippen molar-refractivity contribution in [3.05, 3.63) is 39.3 Å². The summed E-state index contributed by atoms with van der Waals surface area (Å²) in [5, 5.41) is 17.3. The number of ether oxygens (including phenoxy) is 1. The summed E-state index contributed by atoms with van der Waals surface area (Å²) in [7, 11) is 3.31. The summed E-state index contributed by atoms with van der Waals surface area (Å²) in [6, 6.07) is 5.13. The molecule has 1 aromatic carbocycles. The molecule has 132 valence electrons. The number of phenolic OH excluding ortho intramolecular Hbond substituents is 1. The lowest BCUT2D eigenvalue weighted by Gasteiger charge is -2.12. The van der Waals surface area contributed by atoms with Crippen molar-refractivity contribution in [3.63, 3.8) is 0 Å². The molecule has 2 aromatic rings. The van der Waals surface area contributed by atoms with Gasteiger partial charge in [-0.2, -0.15) is 0 Å². The van der Waals surface area contributed by atoms with Gasteiger partial charge in [0.15, 0.2) is 5.96 Å². The molecule has 0 saturated carbocycles. The highest BCUT2D eigenvalue weighted by Crippen LogP contribution is 2.22. The molecular weight excluding hydrogens is 439 g/mol. The number of aryl methyl sites for hydroxylation is 2. The van der Waals surface area contributed by atoms with Crippen LogP contribution in [-0.2, 0) is 13.1 Å². The number of thiazole rings is 1. The molecule has 2 rings (SSSR count). The number of hydrogen-bond acceptors (Lipinski definition) is 5. The molecule has 0 spiro atoms. The lowest BCUT2D eigenvalue weighted by molar-refractivity contribution is 0.410. The Bertz CT molecular complexity index is 684. The van der Waals surface area contributed by atoms with E-state index < -0.39 is 0 Å². The largest absolute Gasteiger partial charge is 0.508 e. The standard InChI is InChI=1S/C16H22N4O2S.HI/c1-10-11(2)23-15(20-10)9-19-16(17-3)18-8-12-7-13(22-4)5-6-14(12)21;/h5-7,21H,8-9H2,1-4H3,(H2,17,18,19);1H. The summed E-state index contributed by atoms with van der Waals surface area (Å²) < 4.78 is 5.17. The van der Waals surface area contributed by atoms with Gasteiger partial charge in [-0.3, -0.25) is 4.99 Å². The third-order valence-corrected chi connectivity index (χ3v) is 4.51. The SMILES string of the molecule is CN=C(NCc1nc(C)c(C)s1)NCc1cc(OC)ccc1O.I. The van der Waals surface area contributed by atoms with Crippen LogP contribution in [0.2, 0.25) is 0 Å². The molecule has 0 aliphatic heterocycles. The molecule has 0 fully saturated rings. The second kappa shape index (κ2) is 9.67. The van der Waals surface area contributed by atoms with E-state index in [1.165, 1.54) is 4.88 Å². The van der Waals surface area contributed by atoms with E-state index in [4.69, 9.17) is 4.74 Å². The summed E-state index contributed by atoms with van der Waals surface area (Å²) in [6.07, 6.45) is 0. The Morgan fingerprint density at radius 3 is 2.58 bits per heavy atom. The smallest absolute Gasteiger partial charge is 0.191 e. The number of hydrogen-bond donors (Lipinski definition) is 3. The van der Waals surface area contributed by atoms with Crippen LogP contribution in [-0.4, -0.2) is 30.2 Å². The van der Waals surface area contributed by atoms with Gasteiger partial charge in [0.25, 0.3) is 0 Å². The van der Waals surface area contributed by atoms with Gasteiger partial charge in [-0.05, 0) is 32.0 Å². The average Bonchev–Trinajstić information content (AvgIpc) is 2.87. The zero-order valence-corrected chi connectivity index (χ0v) is 17.4. The monoisotopic (exact) mass is 462 g/mol. The Morgan fingerprint density at radius 1 is 1.29 bits per heavy atom. The molecule has 0 atom stereocenters. The summed E-state index contributed by atoms with van der Waals surface area (Å²) in [6.45, 7) is 5.13. The fourth-order valence-electron chi connectivity index (χ4n) is 2.00. The molecule has 8 heteroatoms. The summed E-state index contributed by atoms with van der Waals surface area (Å²) >= 11 is 1.68. The molecule has 0 radical (unpaired) electrons. The van der Waals surface area contributed by atoms with Crippen molar-refractivity contribution in [2.24, 2.45) is 4.99 Å². The van der Waals surface area contributed by atoms with Crippen molar-refractivity contribution in [1.82, 2.24) is 15.6 Å². The van der Waals surface area contributed by atoms with E-state index in [2.05, 4.69) is 27.5 Å². The van der Waals surface area contributed by atoms with Gasteiger partial charge >= 0.3 is 0 Å². The zero-order chi connectivity index (χ0) is 16.8. The number of aliphatic imine (C=N–C) groups is 1. The molecule has 0 aliphatic rings. The first-order valence-corrected chi connectivity index (χ1v) is 8.08. The van der Waals surface area contributed by atoms with Gasteiger partial charge in [-0.1, -0.05) is 0 Å². The molecule has 0 aliphatic carbocycles. The van der Waals surface area contributed by atoms with E-state index >= 15 is 0 Å². The van der Waals surface area contributed by atoms with Gasteiger partial charge in [0.05, 0.1) is 19.3 Å². The van der Waals surface area contributed by atoms with Crippen LogP contribution < -0.4 is 15.4 Å². The van der Waals surface area contributed by atoms with Gasteiger partial charge in [-0.15, -0.1) is 35.3 Å². The van der Waals surface area contributed by atoms with Crippen molar-refractivity contribution >= 4 is 41.3 Å². The Morgan fingerprint density at radius 2 is 2.00 bits per heavy atom. The number of aromatic hydroxyl groups is 1. The maximum atomic E-state index is 9.89. The highest BCUT2D eigenvalue weighted by molar-refractivity contribution is 14.0. The van der Waals surface area contributed by atoms with Crippen molar-refractivity contribution in [2.45, 2.75) is 26.9 Å². The minimum Gasteiger partial charge on any atom is -0.508 e. The predicted molar refractivity (Wildman–Crippen MR) is 109 cm³/mol. The Balaban J connectivity index is 0.00000288. The molecule has 1 aromatic heterocycles. The molecule has 0 saturated heterocycles. The van der Waals surface area contributed by atoms with Crippen molar-refractivity contribution in [1.29, 1.82) is 0 Å². The second-order valence-corrected chi connectivity index (χ2v) is 6.31. The highest BCUT2D eigenvalue weighted by atomic mass is 127. The van der Waals surface area contributed by atoms with Crippen LogP contribution in [0.1, 0.15) is 21.1 Å². The topological polar surface area (TPSA) is 78.8 Å². The number of phenols is 1. The van der Waals surface area contributed by atoms with Gasteiger partial charge in [0, 0.05) is 24.0 Å². The van der Waals surface area contributed by atoms with E-state index in [0.29, 0.717) is 24.8 Å². The van der Waals surface area contributed by atoms with Gasteiger partial charge in [-0.25, -0.2) is 4.98 Å². The highest BCUT2D eigenvalue weighted by Gasteiger charge is 2.07. The Hall–Kier alpha value is -1.55. The van der Waals surface area contributed by atoms with Crippen LogP contribution in [0.25, 0.3) is 0 Å². The van der Waals surface area contributed by atoms with Crippen molar-refractivity contribution < 1.29 is 9.84 Å². The average molecular weight is 462 g/mol. The van der Waals surface area contributed by atoms with Crippen LogP contribution in [0.5, 0.6) is 11.5 Å². The Labute approximate surface area is 163 Å². The second-order valence-electron chi connectivity index (χ2n) is 5.02. The minimum absolute atomic E-state index is 0. The van der Waals surface area contributed by atoms with Crippen molar-refractivity contribution in [3.8, 4) is 11.5 Å². The number of nitrogens with one attached hydrogen (secondary N) is 2. The number of rotatable bonds is 5. The van der Waals surface area contributed by atoms with Crippen LogP contribution >= 0.6 is 35.3 Å². The van der Waals surface area contributed by atoms with Crippen LogP contribution in [0.4, 0.5) is 0 Å². The minimum atomic E-state index is 0. The van der Waals surface area contributed by atoms with Gasteiger partial charge in [0.2, 0.25) is 0 Å². The van der Waals surface area contributed by atoms with E-state index in [0.717, 1.165) is 16.3 Å². The van der Waals surface area contributed by atoms with Crippen molar-refractivity contribution in [2.75, 3.05) is 14.2 Å². The zero-order valence-electron chi connectivity index (χ0n) is 14.2. The van der Waals surface area contributed by atoms with E-state index in [1.807, 2.05) is 6.92 Å². The lowest BCUT2D eigenvalue weighted by Crippen LogP contribution is -2.36. The number of guanidine groups is 1. The molecule has 0 amide bonds. The number of halogens is 1. The van der Waals surface area contributed by atoms with E-state index in [-0.39, 0.29) is 29.7 Å². The van der Waals surface area contributed by atoms with Gasteiger partial charge < -0.3 is 20.5 Å².